The number of hydrogen-bond donors (Lipinski definition) is 2. The fourth-order valence-corrected chi connectivity index (χ4v) is 2.70. The van der Waals surface area contributed by atoms with Crippen molar-refractivity contribution in [2.75, 3.05) is 32.8 Å². The van der Waals surface area contributed by atoms with Crippen LogP contribution in [0.3, 0.4) is 0 Å². The molecular formula is C20H34F3N5O. The minimum atomic E-state index is -4.38. The number of hydrogen-bond acceptors (Lipinski definition) is 4. The summed E-state index contributed by atoms with van der Waals surface area (Å²) >= 11 is 0. The molecule has 0 fully saturated rings. The molecular weight excluding hydrogens is 383 g/mol. The molecule has 2 N–H and O–H groups in total. The van der Waals surface area contributed by atoms with Gasteiger partial charge in [-0.1, -0.05) is 19.9 Å². The molecule has 1 heterocycles. The van der Waals surface area contributed by atoms with Crippen LogP contribution in [0.1, 0.15) is 46.1 Å². The topological polar surface area (TPSA) is 61.8 Å². The lowest BCUT2D eigenvalue weighted by molar-refractivity contribution is -0.154. The molecule has 0 saturated carbocycles. The zero-order valence-corrected chi connectivity index (χ0v) is 17.9. The summed E-state index contributed by atoms with van der Waals surface area (Å²) in [5.41, 5.74) is 0.788. The van der Waals surface area contributed by atoms with Crippen molar-refractivity contribution >= 4 is 5.96 Å². The smallest absolute Gasteiger partial charge is 0.422 e. The Morgan fingerprint density at radius 2 is 1.97 bits per heavy atom. The number of guanidine groups is 1. The van der Waals surface area contributed by atoms with Crippen LogP contribution in [0.2, 0.25) is 0 Å². The second kappa shape index (κ2) is 13.2. The molecule has 29 heavy (non-hydrogen) atoms. The SMILES string of the molecule is CCNC(=NCc1ccc(OCC(F)(F)F)nc1)NC(C)CCCN(CC)CC. The predicted octanol–water partition coefficient (Wildman–Crippen LogP) is 3.59. The van der Waals surface area contributed by atoms with Crippen molar-refractivity contribution in [3.05, 3.63) is 23.9 Å². The minimum absolute atomic E-state index is 0.0538. The molecule has 0 saturated heterocycles. The van der Waals surface area contributed by atoms with E-state index in [0.29, 0.717) is 12.5 Å². The van der Waals surface area contributed by atoms with Crippen molar-refractivity contribution in [2.24, 2.45) is 4.99 Å². The first-order valence-electron chi connectivity index (χ1n) is 10.2. The summed E-state index contributed by atoms with van der Waals surface area (Å²) in [5, 5.41) is 6.61. The van der Waals surface area contributed by atoms with Gasteiger partial charge in [0.2, 0.25) is 5.88 Å². The number of aromatic nitrogens is 1. The monoisotopic (exact) mass is 417 g/mol. The Morgan fingerprint density at radius 3 is 2.52 bits per heavy atom. The van der Waals surface area contributed by atoms with Crippen LogP contribution in [0.25, 0.3) is 0 Å². The Bertz CT molecular complexity index is 589. The number of aliphatic imine (C=N–C) groups is 1. The van der Waals surface area contributed by atoms with Crippen LogP contribution in [0, 0.1) is 0 Å². The maximum absolute atomic E-state index is 12.2. The van der Waals surface area contributed by atoms with Crippen LogP contribution in [0.4, 0.5) is 13.2 Å². The van der Waals surface area contributed by atoms with Crippen molar-refractivity contribution in [1.82, 2.24) is 20.5 Å². The summed E-state index contributed by atoms with van der Waals surface area (Å²) in [6.45, 7) is 11.4. The molecule has 1 unspecified atom stereocenters. The summed E-state index contributed by atoms with van der Waals surface area (Å²) < 4.78 is 41.1. The van der Waals surface area contributed by atoms with Gasteiger partial charge in [-0.15, -0.1) is 0 Å². The van der Waals surface area contributed by atoms with E-state index in [0.717, 1.165) is 44.6 Å². The summed E-state index contributed by atoms with van der Waals surface area (Å²) in [6, 6.07) is 3.37. The number of pyridine rings is 1. The number of nitrogens with zero attached hydrogens (tertiary/aromatic N) is 3. The molecule has 0 bridgehead atoms. The Balaban J connectivity index is 2.51. The molecule has 0 aromatic carbocycles. The van der Waals surface area contributed by atoms with Crippen molar-refractivity contribution in [3.8, 4) is 5.88 Å². The number of nitrogens with one attached hydrogen (secondary N) is 2. The van der Waals surface area contributed by atoms with E-state index >= 15 is 0 Å². The largest absolute Gasteiger partial charge is 0.468 e. The lowest BCUT2D eigenvalue weighted by Crippen LogP contribution is -2.42. The summed E-state index contributed by atoms with van der Waals surface area (Å²) in [5.74, 6) is 0.655. The van der Waals surface area contributed by atoms with Gasteiger partial charge in [0.25, 0.3) is 0 Å². The highest BCUT2D eigenvalue weighted by atomic mass is 19.4. The van der Waals surface area contributed by atoms with E-state index < -0.39 is 12.8 Å². The van der Waals surface area contributed by atoms with Crippen molar-refractivity contribution < 1.29 is 17.9 Å². The molecule has 0 aliphatic rings. The highest BCUT2D eigenvalue weighted by molar-refractivity contribution is 5.80. The first-order valence-corrected chi connectivity index (χ1v) is 10.2. The van der Waals surface area contributed by atoms with E-state index in [4.69, 9.17) is 0 Å². The normalized spacial score (nSPS) is 13.4. The zero-order valence-electron chi connectivity index (χ0n) is 17.9. The standard InChI is InChI=1S/C20H34F3N5O/c1-5-24-19(27-16(4)9-8-12-28(6-2)7-3)26-14-17-10-11-18(25-13-17)29-15-20(21,22)23/h10-11,13,16H,5-9,12,14-15H2,1-4H3,(H2,24,26,27). The maximum Gasteiger partial charge on any atom is 0.422 e. The molecule has 0 aliphatic carbocycles. The van der Waals surface area contributed by atoms with Gasteiger partial charge in [-0.3, -0.25) is 0 Å². The number of rotatable bonds is 12. The first-order chi connectivity index (χ1) is 13.8. The fraction of sp³-hybridized carbons (Fsp3) is 0.700. The second-order valence-electron chi connectivity index (χ2n) is 6.82. The lowest BCUT2D eigenvalue weighted by Gasteiger charge is -2.21. The van der Waals surface area contributed by atoms with Crippen LogP contribution < -0.4 is 15.4 Å². The van der Waals surface area contributed by atoms with Crippen molar-refractivity contribution in [3.63, 3.8) is 0 Å². The van der Waals surface area contributed by atoms with Gasteiger partial charge in [0.1, 0.15) is 0 Å². The number of alkyl halides is 3. The Labute approximate surface area is 171 Å². The Morgan fingerprint density at radius 1 is 1.24 bits per heavy atom. The quantitative estimate of drug-likeness (QED) is 0.402. The van der Waals surface area contributed by atoms with Gasteiger partial charge in [0, 0.05) is 24.8 Å². The van der Waals surface area contributed by atoms with Crippen molar-refractivity contribution in [2.45, 2.75) is 59.3 Å². The molecule has 1 aromatic heterocycles. The Kier molecular flexibility index (Phi) is 11.4. The number of halogens is 3. The van der Waals surface area contributed by atoms with Gasteiger partial charge in [-0.25, -0.2) is 9.98 Å². The van der Waals surface area contributed by atoms with Gasteiger partial charge in [0.15, 0.2) is 12.6 Å². The molecule has 1 rings (SSSR count). The van der Waals surface area contributed by atoms with Gasteiger partial charge >= 0.3 is 6.18 Å². The highest BCUT2D eigenvalue weighted by Crippen LogP contribution is 2.17. The molecule has 166 valence electrons. The van der Waals surface area contributed by atoms with Gasteiger partial charge in [-0.2, -0.15) is 13.2 Å². The molecule has 9 heteroatoms. The molecule has 0 spiro atoms. The average Bonchev–Trinajstić information content (AvgIpc) is 2.68. The van der Waals surface area contributed by atoms with Crippen LogP contribution in [-0.4, -0.2) is 60.8 Å². The molecule has 0 radical (unpaired) electrons. The predicted molar refractivity (Wildman–Crippen MR) is 110 cm³/mol. The van der Waals surface area contributed by atoms with Gasteiger partial charge < -0.3 is 20.3 Å². The molecule has 0 aliphatic heterocycles. The average molecular weight is 418 g/mol. The molecule has 6 nitrogen and oxygen atoms in total. The molecule has 0 amide bonds. The van der Waals surface area contributed by atoms with Gasteiger partial charge in [-0.05, 0) is 51.9 Å². The lowest BCUT2D eigenvalue weighted by atomic mass is 10.2. The van der Waals surface area contributed by atoms with Crippen LogP contribution in [-0.2, 0) is 6.54 Å². The highest BCUT2D eigenvalue weighted by Gasteiger charge is 2.28. The van der Waals surface area contributed by atoms with Crippen LogP contribution in [0.5, 0.6) is 5.88 Å². The Hall–Kier alpha value is -2.03. The third-order valence-corrected chi connectivity index (χ3v) is 4.33. The van der Waals surface area contributed by atoms with Crippen LogP contribution >= 0.6 is 0 Å². The number of ether oxygens (including phenoxy) is 1. The first kappa shape index (κ1) is 25.0. The van der Waals surface area contributed by atoms with E-state index in [1.807, 2.05) is 6.92 Å². The van der Waals surface area contributed by atoms with E-state index in [1.54, 1.807) is 6.07 Å². The zero-order chi connectivity index (χ0) is 21.7. The van der Waals surface area contributed by atoms with Crippen molar-refractivity contribution in [1.29, 1.82) is 0 Å². The van der Waals surface area contributed by atoms with E-state index in [-0.39, 0.29) is 11.9 Å². The van der Waals surface area contributed by atoms with E-state index in [9.17, 15) is 13.2 Å². The molecule has 1 atom stereocenters. The van der Waals surface area contributed by atoms with E-state index in [2.05, 4.69) is 51.0 Å². The summed E-state index contributed by atoms with van der Waals surface area (Å²) in [6.07, 6.45) is -0.752. The summed E-state index contributed by atoms with van der Waals surface area (Å²) in [4.78, 5) is 10.8. The summed E-state index contributed by atoms with van der Waals surface area (Å²) in [7, 11) is 0. The fourth-order valence-electron chi connectivity index (χ4n) is 2.70. The molecule has 1 aromatic rings. The third kappa shape index (κ3) is 11.5. The van der Waals surface area contributed by atoms with Gasteiger partial charge in [0.05, 0.1) is 6.54 Å². The second-order valence-corrected chi connectivity index (χ2v) is 6.82. The van der Waals surface area contributed by atoms with Crippen LogP contribution in [0.15, 0.2) is 23.3 Å². The maximum atomic E-state index is 12.2. The minimum Gasteiger partial charge on any atom is -0.468 e. The van der Waals surface area contributed by atoms with E-state index in [1.165, 1.54) is 12.3 Å². The third-order valence-electron chi connectivity index (χ3n) is 4.33.